The zero-order valence-corrected chi connectivity index (χ0v) is 10.9. The van der Waals surface area contributed by atoms with Gasteiger partial charge in [-0.3, -0.25) is 9.59 Å². The molecule has 3 N–H and O–H groups in total. The standard InChI is InChI=1S/C14H18N2O3/c1-2-19-12(17)9-10-4-3-5-11(8-10)16-13(18)14(15)6-7-14/h3-5,8H,2,6-7,9,15H2,1H3,(H,16,18). The molecular weight excluding hydrogens is 244 g/mol. The Morgan fingerprint density at radius 1 is 1.42 bits per heavy atom. The number of nitrogens with one attached hydrogen (secondary N) is 1. The van der Waals surface area contributed by atoms with Gasteiger partial charge >= 0.3 is 5.97 Å². The number of nitrogens with two attached hydrogens (primary N) is 1. The van der Waals surface area contributed by atoms with Crippen LogP contribution < -0.4 is 11.1 Å². The lowest BCUT2D eigenvalue weighted by Crippen LogP contribution is -2.37. The molecule has 19 heavy (non-hydrogen) atoms. The van der Waals surface area contributed by atoms with E-state index >= 15 is 0 Å². The van der Waals surface area contributed by atoms with Crippen LogP contribution in [0.3, 0.4) is 0 Å². The highest BCUT2D eigenvalue weighted by molar-refractivity contribution is 6.00. The summed E-state index contributed by atoms with van der Waals surface area (Å²) < 4.78 is 4.88. The Labute approximate surface area is 112 Å². The van der Waals surface area contributed by atoms with Crippen LogP contribution in [-0.2, 0) is 20.7 Å². The van der Waals surface area contributed by atoms with Gasteiger partial charge in [-0.15, -0.1) is 0 Å². The lowest BCUT2D eigenvalue weighted by Gasteiger charge is -2.11. The maximum atomic E-state index is 11.8. The summed E-state index contributed by atoms with van der Waals surface area (Å²) in [4.78, 5) is 23.2. The van der Waals surface area contributed by atoms with E-state index in [9.17, 15) is 9.59 Å². The summed E-state index contributed by atoms with van der Waals surface area (Å²) in [6.07, 6.45) is 1.65. The minimum Gasteiger partial charge on any atom is -0.466 e. The molecule has 1 aliphatic carbocycles. The Hall–Kier alpha value is -1.88. The first-order chi connectivity index (χ1) is 9.03. The monoisotopic (exact) mass is 262 g/mol. The first-order valence-electron chi connectivity index (χ1n) is 6.38. The number of hydrogen-bond donors (Lipinski definition) is 2. The van der Waals surface area contributed by atoms with Crippen molar-refractivity contribution in [3.05, 3.63) is 29.8 Å². The summed E-state index contributed by atoms with van der Waals surface area (Å²) in [5, 5.41) is 2.77. The SMILES string of the molecule is CCOC(=O)Cc1cccc(NC(=O)C2(N)CC2)c1. The van der Waals surface area contributed by atoms with Crippen molar-refractivity contribution < 1.29 is 14.3 Å². The number of ether oxygens (including phenoxy) is 1. The lowest BCUT2D eigenvalue weighted by atomic mass is 10.1. The number of amides is 1. The van der Waals surface area contributed by atoms with Crippen LogP contribution in [0.25, 0.3) is 0 Å². The first kappa shape index (κ1) is 13.5. The van der Waals surface area contributed by atoms with E-state index in [0.29, 0.717) is 12.3 Å². The molecule has 0 atom stereocenters. The van der Waals surface area contributed by atoms with Crippen molar-refractivity contribution in [3.8, 4) is 0 Å². The van der Waals surface area contributed by atoms with E-state index in [1.165, 1.54) is 0 Å². The highest BCUT2D eigenvalue weighted by atomic mass is 16.5. The van der Waals surface area contributed by atoms with Crippen LogP contribution in [0.15, 0.2) is 24.3 Å². The smallest absolute Gasteiger partial charge is 0.310 e. The second-order valence-electron chi connectivity index (χ2n) is 4.79. The average molecular weight is 262 g/mol. The summed E-state index contributed by atoms with van der Waals surface area (Å²) in [5.74, 6) is -0.441. The number of anilines is 1. The molecule has 5 heteroatoms. The van der Waals surface area contributed by atoms with E-state index < -0.39 is 5.54 Å². The maximum Gasteiger partial charge on any atom is 0.310 e. The minimum atomic E-state index is -0.697. The van der Waals surface area contributed by atoms with Crippen LogP contribution in [0.1, 0.15) is 25.3 Å². The van der Waals surface area contributed by atoms with E-state index in [2.05, 4.69) is 5.32 Å². The molecule has 0 aromatic heterocycles. The Morgan fingerprint density at radius 3 is 2.79 bits per heavy atom. The Kier molecular flexibility index (Phi) is 3.85. The zero-order valence-electron chi connectivity index (χ0n) is 10.9. The van der Waals surface area contributed by atoms with Gasteiger partial charge < -0.3 is 15.8 Å². The third-order valence-electron chi connectivity index (χ3n) is 3.08. The molecule has 0 bridgehead atoms. The molecule has 1 amide bonds. The second kappa shape index (κ2) is 5.40. The van der Waals surface area contributed by atoms with Crippen LogP contribution in [-0.4, -0.2) is 24.0 Å². The lowest BCUT2D eigenvalue weighted by molar-refractivity contribution is -0.142. The average Bonchev–Trinajstić information content (AvgIpc) is 3.09. The summed E-state index contributed by atoms with van der Waals surface area (Å²) in [5.41, 5.74) is 6.57. The van der Waals surface area contributed by atoms with Gasteiger partial charge in [0, 0.05) is 5.69 Å². The van der Waals surface area contributed by atoms with Crippen LogP contribution >= 0.6 is 0 Å². The van der Waals surface area contributed by atoms with Gasteiger partial charge in [-0.25, -0.2) is 0 Å². The third-order valence-corrected chi connectivity index (χ3v) is 3.08. The van der Waals surface area contributed by atoms with Crippen molar-refractivity contribution in [2.24, 2.45) is 5.73 Å². The molecule has 0 spiro atoms. The molecule has 0 saturated heterocycles. The summed E-state index contributed by atoms with van der Waals surface area (Å²) in [6, 6.07) is 7.15. The highest BCUT2D eigenvalue weighted by Crippen LogP contribution is 2.33. The Balaban J connectivity index is 1.98. The van der Waals surface area contributed by atoms with Gasteiger partial charge in [-0.1, -0.05) is 12.1 Å². The fourth-order valence-corrected chi connectivity index (χ4v) is 1.76. The molecule has 0 radical (unpaired) electrons. The molecule has 5 nitrogen and oxygen atoms in total. The number of benzene rings is 1. The molecule has 1 aromatic rings. The van der Waals surface area contributed by atoms with Gasteiger partial charge in [0.15, 0.2) is 0 Å². The molecule has 0 unspecified atom stereocenters. The van der Waals surface area contributed by atoms with Gasteiger partial charge in [-0.2, -0.15) is 0 Å². The van der Waals surface area contributed by atoms with Gasteiger partial charge in [0.1, 0.15) is 0 Å². The van der Waals surface area contributed by atoms with E-state index in [1.807, 2.05) is 6.07 Å². The van der Waals surface area contributed by atoms with Crippen LogP contribution in [0.2, 0.25) is 0 Å². The van der Waals surface area contributed by atoms with Gasteiger partial charge in [0.05, 0.1) is 18.6 Å². The molecule has 1 fully saturated rings. The number of carbonyl (C=O) groups excluding carboxylic acids is 2. The summed E-state index contributed by atoms with van der Waals surface area (Å²) >= 11 is 0. The molecule has 0 aliphatic heterocycles. The van der Waals surface area contributed by atoms with Crippen molar-refractivity contribution in [1.82, 2.24) is 0 Å². The maximum absolute atomic E-state index is 11.8. The van der Waals surface area contributed by atoms with Gasteiger partial charge in [0.2, 0.25) is 5.91 Å². The van der Waals surface area contributed by atoms with Gasteiger partial charge in [-0.05, 0) is 37.5 Å². The van der Waals surface area contributed by atoms with Crippen molar-refractivity contribution >= 4 is 17.6 Å². The molecule has 2 rings (SSSR count). The summed E-state index contributed by atoms with van der Waals surface area (Å²) in [6.45, 7) is 2.13. The Morgan fingerprint density at radius 2 is 2.16 bits per heavy atom. The number of esters is 1. The molecule has 0 heterocycles. The largest absolute Gasteiger partial charge is 0.466 e. The van der Waals surface area contributed by atoms with E-state index in [-0.39, 0.29) is 18.3 Å². The van der Waals surface area contributed by atoms with Crippen LogP contribution in [0.5, 0.6) is 0 Å². The topological polar surface area (TPSA) is 81.4 Å². The van der Waals surface area contributed by atoms with Gasteiger partial charge in [0.25, 0.3) is 0 Å². The minimum absolute atomic E-state index is 0.166. The highest BCUT2D eigenvalue weighted by Gasteiger charge is 2.45. The molecule has 102 valence electrons. The third kappa shape index (κ3) is 3.54. The predicted octanol–water partition coefficient (Wildman–Crippen LogP) is 1.22. The van der Waals surface area contributed by atoms with Crippen LogP contribution in [0.4, 0.5) is 5.69 Å². The fraction of sp³-hybridized carbons (Fsp3) is 0.429. The fourth-order valence-electron chi connectivity index (χ4n) is 1.76. The molecule has 1 aliphatic rings. The molecule has 1 aromatic carbocycles. The van der Waals surface area contributed by atoms with E-state index in [1.54, 1.807) is 25.1 Å². The number of hydrogen-bond acceptors (Lipinski definition) is 4. The van der Waals surface area contributed by atoms with Crippen LogP contribution in [0, 0.1) is 0 Å². The van der Waals surface area contributed by atoms with E-state index in [4.69, 9.17) is 10.5 Å². The number of carbonyl (C=O) groups is 2. The summed E-state index contributed by atoms with van der Waals surface area (Å²) in [7, 11) is 0. The quantitative estimate of drug-likeness (QED) is 0.782. The zero-order chi connectivity index (χ0) is 13.9. The van der Waals surface area contributed by atoms with Crippen molar-refractivity contribution in [2.75, 3.05) is 11.9 Å². The number of rotatable bonds is 5. The first-order valence-corrected chi connectivity index (χ1v) is 6.38. The molecule has 1 saturated carbocycles. The second-order valence-corrected chi connectivity index (χ2v) is 4.79. The van der Waals surface area contributed by atoms with Crippen molar-refractivity contribution in [3.63, 3.8) is 0 Å². The predicted molar refractivity (Wildman–Crippen MR) is 71.6 cm³/mol. The van der Waals surface area contributed by atoms with Crippen molar-refractivity contribution in [1.29, 1.82) is 0 Å². The molecular formula is C14H18N2O3. The normalized spacial score (nSPS) is 15.7. The van der Waals surface area contributed by atoms with E-state index in [0.717, 1.165) is 18.4 Å². The Bertz CT molecular complexity index is 495. The van der Waals surface area contributed by atoms with Crippen molar-refractivity contribution in [2.45, 2.75) is 31.7 Å².